The van der Waals surface area contributed by atoms with Gasteiger partial charge in [0.1, 0.15) is 17.4 Å². The Morgan fingerprint density at radius 1 is 1.15 bits per heavy atom. The van der Waals surface area contributed by atoms with Gasteiger partial charge in [0.15, 0.2) is 0 Å². The van der Waals surface area contributed by atoms with Crippen molar-refractivity contribution in [1.82, 2.24) is 24.6 Å². The Balaban J connectivity index is 1.57. The predicted molar refractivity (Wildman–Crippen MR) is 98.9 cm³/mol. The second-order valence-corrected chi connectivity index (χ2v) is 6.72. The van der Waals surface area contributed by atoms with Crippen molar-refractivity contribution in [3.8, 4) is 5.75 Å². The molecule has 1 aliphatic heterocycles. The Morgan fingerprint density at radius 2 is 1.96 bits per heavy atom. The van der Waals surface area contributed by atoms with E-state index in [9.17, 15) is 4.79 Å². The molecule has 0 N–H and O–H groups in total. The lowest BCUT2D eigenvalue weighted by Gasteiger charge is -2.22. The number of hydrogen-bond donors (Lipinski definition) is 0. The third kappa shape index (κ3) is 4.22. The van der Waals surface area contributed by atoms with Crippen LogP contribution in [0.5, 0.6) is 5.75 Å². The van der Waals surface area contributed by atoms with Crippen LogP contribution < -0.4 is 4.74 Å². The molecule has 0 spiro atoms. The number of amides is 1. The summed E-state index contributed by atoms with van der Waals surface area (Å²) >= 11 is 0. The summed E-state index contributed by atoms with van der Waals surface area (Å²) in [7, 11) is 3.63. The first-order chi connectivity index (χ1) is 12.6. The molecule has 7 heteroatoms. The fourth-order valence-corrected chi connectivity index (χ4v) is 3.29. The number of benzene rings is 1. The van der Waals surface area contributed by atoms with Gasteiger partial charge in [0.25, 0.3) is 0 Å². The van der Waals surface area contributed by atoms with Crippen LogP contribution in [0, 0.1) is 6.92 Å². The minimum absolute atomic E-state index is 0.158. The summed E-state index contributed by atoms with van der Waals surface area (Å²) in [5.74, 6) is 2.82. The summed E-state index contributed by atoms with van der Waals surface area (Å²) in [5, 5.41) is 8.37. The van der Waals surface area contributed by atoms with Crippen molar-refractivity contribution in [1.29, 1.82) is 0 Å². The van der Waals surface area contributed by atoms with E-state index in [0.717, 1.165) is 62.1 Å². The molecule has 0 saturated carbocycles. The molecule has 0 atom stereocenters. The van der Waals surface area contributed by atoms with Gasteiger partial charge in [-0.2, -0.15) is 0 Å². The maximum Gasteiger partial charge on any atom is 0.227 e. The topological polar surface area (TPSA) is 63.5 Å². The normalized spacial score (nSPS) is 15.7. The number of para-hydroxylation sites is 1. The van der Waals surface area contributed by atoms with Gasteiger partial charge in [0.2, 0.25) is 5.91 Å². The van der Waals surface area contributed by atoms with Crippen LogP contribution in [0.2, 0.25) is 0 Å². The molecule has 2 heterocycles. The summed E-state index contributed by atoms with van der Waals surface area (Å²) in [6.45, 7) is 6.07. The Morgan fingerprint density at radius 3 is 2.69 bits per heavy atom. The minimum atomic E-state index is 0.158. The molecule has 0 bridgehead atoms. The number of carbonyl (C=O) groups excluding carboxylic acids is 1. The first kappa shape index (κ1) is 18.4. The van der Waals surface area contributed by atoms with Crippen LogP contribution >= 0.6 is 0 Å². The van der Waals surface area contributed by atoms with Gasteiger partial charge in [-0.1, -0.05) is 18.2 Å². The smallest absolute Gasteiger partial charge is 0.227 e. The van der Waals surface area contributed by atoms with Crippen molar-refractivity contribution < 1.29 is 9.53 Å². The van der Waals surface area contributed by atoms with Gasteiger partial charge >= 0.3 is 0 Å². The SMILES string of the molecule is COc1ccccc1CC(=O)N1CCCN(Cc2nnc(C)n2C)CC1. The average Bonchev–Trinajstić information content (AvgIpc) is 2.85. The van der Waals surface area contributed by atoms with E-state index in [1.54, 1.807) is 7.11 Å². The lowest BCUT2D eigenvalue weighted by Crippen LogP contribution is -2.36. The number of carbonyl (C=O) groups is 1. The molecule has 0 aliphatic carbocycles. The summed E-state index contributed by atoms with van der Waals surface area (Å²) in [6, 6.07) is 7.72. The molecule has 1 aliphatic rings. The van der Waals surface area contributed by atoms with E-state index in [4.69, 9.17) is 4.74 Å². The molecule has 140 valence electrons. The molecule has 1 amide bonds. The number of hydrogen-bond acceptors (Lipinski definition) is 5. The second-order valence-electron chi connectivity index (χ2n) is 6.72. The first-order valence-corrected chi connectivity index (χ1v) is 9.05. The highest BCUT2D eigenvalue weighted by Gasteiger charge is 2.21. The van der Waals surface area contributed by atoms with Gasteiger partial charge in [0.05, 0.1) is 20.1 Å². The molecule has 1 saturated heterocycles. The molecule has 2 aromatic rings. The fourth-order valence-electron chi connectivity index (χ4n) is 3.29. The standard InChI is InChI=1S/C19H27N5O2/c1-15-20-21-18(22(15)2)14-23-9-6-10-24(12-11-23)19(25)13-16-7-4-5-8-17(16)26-3/h4-5,7-8H,6,9-14H2,1-3H3. The van der Waals surface area contributed by atoms with E-state index >= 15 is 0 Å². The third-order valence-electron chi connectivity index (χ3n) is 5.02. The van der Waals surface area contributed by atoms with Gasteiger partial charge < -0.3 is 14.2 Å². The van der Waals surface area contributed by atoms with E-state index < -0.39 is 0 Å². The molecule has 26 heavy (non-hydrogen) atoms. The summed E-state index contributed by atoms with van der Waals surface area (Å²) < 4.78 is 7.38. The number of nitrogens with zero attached hydrogens (tertiary/aromatic N) is 5. The zero-order valence-corrected chi connectivity index (χ0v) is 15.8. The number of aryl methyl sites for hydroxylation is 1. The van der Waals surface area contributed by atoms with Crippen LogP contribution in [0.25, 0.3) is 0 Å². The van der Waals surface area contributed by atoms with Crippen LogP contribution in [0.4, 0.5) is 0 Å². The van der Waals surface area contributed by atoms with Crippen molar-refractivity contribution in [2.24, 2.45) is 7.05 Å². The third-order valence-corrected chi connectivity index (χ3v) is 5.02. The van der Waals surface area contributed by atoms with Gasteiger partial charge in [-0.15, -0.1) is 10.2 Å². The van der Waals surface area contributed by atoms with Crippen molar-refractivity contribution in [2.45, 2.75) is 26.3 Å². The predicted octanol–water partition coefficient (Wildman–Crippen LogP) is 1.41. The summed E-state index contributed by atoms with van der Waals surface area (Å²) in [5.41, 5.74) is 0.940. The zero-order valence-electron chi connectivity index (χ0n) is 15.8. The van der Waals surface area contributed by atoms with Crippen LogP contribution in [0.3, 0.4) is 0 Å². The number of rotatable bonds is 5. The van der Waals surface area contributed by atoms with Gasteiger partial charge in [0, 0.05) is 38.8 Å². The minimum Gasteiger partial charge on any atom is -0.496 e. The highest BCUT2D eigenvalue weighted by molar-refractivity contribution is 5.79. The fraction of sp³-hybridized carbons (Fsp3) is 0.526. The summed E-state index contributed by atoms with van der Waals surface area (Å²) in [6.07, 6.45) is 1.35. The van der Waals surface area contributed by atoms with E-state index in [-0.39, 0.29) is 5.91 Å². The van der Waals surface area contributed by atoms with E-state index in [0.29, 0.717) is 6.42 Å². The Labute approximate surface area is 154 Å². The Hall–Kier alpha value is -2.41. The van der Waals surface area contributed by atoms with Crippen LogP contribution in [-0.4, -0.2) is 63.8 Å². The number of ether oxygens (including phenoxy) is 1. The van der Waals surface area contributed by atoms with Crippen LogP contribution in [0.1, 0.15) is 23.6 Å². The van der Waals surface area contributed by atoms with Gasteiger partial charge in [-0.3, -0.25) is 9.69 Å². The molecular weight excluding hydrogens is 330 g/mol. The largest absolute Gasteiger partial charge is 0.496 e. The zero-order chi connectivity index (χ0) is 18.5. The maximum absolute atomic E-state index is 12.7. The Kier molecular flexibility index (Phi) is 5.88. The lowest BCUT2D eigenvalue weighted by atomic mass is 10.1. The molecule has 0 radical (unpaired) electrons. The second kappa shape index (κ2) is 8.31. The van der Waals surface area contributed by atoms with E-state index in [1.165, 1.54) is 0 Å². The first-order valence-electron chi connectivity index (χ1n) is 9.05. The van der Waals surface area contributed by atoms with E-state index in [1.807, 2.05) is 47.7 Å². The quantitative estimate of drug-likeness (QED) is 0.810. The maximum atomic E-state index is 12.7. The lowest BCUT2D eigenvalue weighted by molar-refractivity contribution is -0.130. The van der Waals surface area contributed by atoms with Crippen LogP contribution in [0.15, 0.2) is 24.3 Å². The van der Waals surface area contributed by atoms with Crippen LogP contribution in [-0.2, 0) is 24.8 Å². The van der Waals surface area contributed by atoms with Gasteiger partial charge in [-0.05, 0) is 19.4 Å². The Bertz CT molecular complexity index is 758. The van der Waals surface area contributed by atoms with E-state index in [2.05, 4.69) is 15.1 Å². The molecule has 0 unspecified atom stereocenters. The van der Waals surface area contributed by atoms with Crippen molar-refractivity contribution in [3.63, 3.8) is 0 Å². The molecule has 3 rings (SSSR count). The van der Waals surface area contributed by atoms with Crippen molar-refractivity contribution in [2.75, 3.05) is 33.3 Å². The average molecular weight is 357 g/mol. The van der Waals surface area contributed by atoms with Crippen molar-refractivity contribution >= 4 is 5.91 Å². The summed E-state index contributed by atoms with van der Waals surface area (Å²) in [4.78, 5) is 17.0. The highest BCUT2D eigenvalue weighted by Crippen LogP contribution is 2.19. The highest BCUT2D eigenvalue weighted by atomic mass is 16.5. The van der Waals surface area contributed by atoms with Crippen molar-refractivity contribution in [3.05, 3.63) is 41.5 Å². The molecule has 1 aromatic heterocycles. The number of methoxy groups -OCH3 is 1. The molecule has 7 nitrogen and oxygen atoms in total. The van der Waals surface area contributed by atoms with Gasteiger partial charge in [-0.25, -0.2) is 0 Å². The molecule has 1 aromatic carbocycles. The monoisotopic (exact) mass is 357 g/mol. The molecule has 1 fully saturated rings. The molecular formula is C19H27N5O2. The number of aromatic nitrogens is 3.